The molecule has 2 aliphatic rings. The normalized spacial score (nSPS) is 26.0. The Bertz CT molecular complexity index is 303. The Morgan fingerprint density at radius 1 is 1.10 bits per heavy atom. The topological polar surface area (TPSA) is 43.8 Å². The monoisotopic (exact) mass is 282 g/mol. The molecule has 1 atom stereocenters. The van der Waals surface area contributed by atoms with Gasteiger partial charge in [-0.15, -0.1) is 0 Å². The minimum atomic E-state index is -0.661. The number of aliphatic carboxylic acids is 1. The lowest BCUT2D eigenvalue weighted by molar-refractivity contribution is -0.139. The second-order valence-corrected chi connectivity index (χ2v) is 6.43. The number of carbonyl (C=O) groups is 1. The highest BCUT2D eigenvalue weighted by molar-refractivity contribution is 5.69. The summed E-state index contributed by atoms with van der Waals surface area (Å²) in [6.45, 7) is 5.99. The van der Waals surface area contributed by atoms with Crippen LogP contribution in [0.1, 0.15) is 58.3 Å². The van der Waals surface area contributed by atoms with Crippen LogP contribution >= 0.6 is 0 Å². The summed E-state index contributed by atoms with van der Waals surface area (Å²) in [4.78, 5) is 16.1. The Morgan fingerprint density at radius 3 is 2.40 bits per heavy atom. The Hall–Kier alpha value is -0.610. The molecule has 1 heterocycles. The molecular formula is C16H30N2O2. The van der Waals surface area contributed by atoms with Gasteiger partial charge in [0.2, 0.25) is 0 Å². The highest BCUT2D eigenvalue weighted by Crippen LogP contribution is 2.28. The first-order chi connectivity index (χ1) is 9.70. The molecular weight excluding hydrogens is 252 g/mol. The number of likely N-dealkylation sites (tertiary alicyclic amines) is 1. The maximum atomic E-state index is 11.2. The molecule has 116 valence electrons. The van der Waals surface area contributed by atoms with Gasteiger partial charge >= 0.3 is 5.97 Å². The molecule has 1 aliphatic carbocycles. The smallest absolute Gasteiger partial charge is 0.317 e. The maximum absolute atomic E-state index is 11.2. The van der Waals surface area contributed by atoms with Gasteiger partial charge in [0, 0.05) is 12.1 Å². The molecule has 4 heteroatoms. The van der Waals surface area contributed by atoms with Crippen molar-refractivity contribution in [3.63, 3.8) is 0 Å². The van der Waals surface area contributed by atoms with E-state index in [1.54, 1.807) is 0 Å². The Labute approximate surface area is 123 Å². The number of carboxylic acids is 1. The summed E-state index contributed by atoms with van der Waals surface area (Å²) in [6, 6.07) is 1.00. The van der Waals surface area contributed by atoms with Gasteiger partial charge in [-0.3, -0.25) is 9.69 Å². The number of rotatable bonds is 6. The quantitative estimate of drug-likeness (QED) is 0.813. The molecule has 1 aliphatic heterocycles. The van der Waals surface area contributed by atoms with Crippen LogP contribution in [0.2, 0.25) is 0 Å². The average Bonchev–Trinajstić information content (AvgIpc) is 2.84. The molecule has 0 aromatic rings. The van der Waals surface area contributed by atoms with Gasteiger partial charge in [-0.1, -0.05) is 19.8 Å². The van der Waals surface area contributed by atoms with Crippen molar-refractivity contribution in [2.45, 2.75) is 70.4 Å². The zero-order valence-electron chi connectivity index (χ0n) is 12.9. The fourth-order valence-corrected chi connectivity index (χ4v) is 3.96. The van der Waals surface area contributed by atoms with E-state index in [4.69, 9.17) is 0 Å². The van der Waals surface area contributed by atoms with Crippen LogP contribution in [0, 0.1) is 0 Å². The largest absolute Gasteiger partial charge is 0.480 e. The van der Waals surface area contributed by atoms with Gasteiger partial charge in [-0.25, -0.2) is 0 Å². The van der Waals surface area contributed by atoms with Crippen LogP contribution in [0.15, 0.2) is 0 Å². The van der Waals surface area contributed by atoms with Crippen molar-refractivity contribution < 1.29 is 9.90 Å². The summed E-state index contributed by atoms with van der Waals surface area (Å²) < 4.78 is 0. The molecule has 1 saturated carbocycles. The van der Waals surface area contributed by atoms with E-state index in [0.29, 0.717) is 12.1 Å². The van der Waals surface area contributed by atoms with E-state index in [0.717, 1.165) is 13.0 Å². The van der Waals surface area contributed by atoms with Gasteiger partial charge < -0.3 is 10.0 Å². The number of carboxylic acid groups (broad SMARTS) is 1. The Balaban J connectivity index is 1.95. The third-order valence-corrected chi connectivity index (χ3v) is 4.91. The fourth-order valence-electron chi connectivity index (χ4n) is 3.96. The van der Waals surface area contributed by atoms with Crippen molar-refractivity contribution in [1.29, 1.82) is 0 Å². The van der Waals surface area contributed by atoms with Crippen molar-refractivity contribution in [2.75, 3.05) is 26.2 Å². The van der Waals surface area contributed by atoms with Gasteiger partial charge in [0.15, 0.2) is 0 Å². The van der Waals surface area contributed by atoms with E-state index in [1.165, 1.54) is 58.0 Å². The SMILES string of the molecule is CCCN1CCCC(N(CC(=O)O)C2CCCC2)CC1. The van der Waals surface area contributed by atoms with E-state index in [2.05, 4.69) is 16.7 Å². The molecule has 2 rings (SSSR count). The van der Waals surface area contributed by atoms with E-state index in [9.17, 15) is 9.90 Å². The number of nitrogens with zero attached hydrogens (tertiary/aromatic N) is 2. The summed E-state index contributed by atoms with van der Waals surface area (Å²) in [6.07, 6.45) is 9.68. The molecule has 0 amide bonds. The highest BCUT2D eigenvalue weighted by atomic mass is 16.4. The molecule has 0 aromatic heterocycles. The summed E-state index contributed by atoms with van der Waals surface area (Å²) in [5, 5.41) is 9.23. The van der Waals surface area contributed by atoms with Gasteiger partial charge in [0.25, 0.3) is 0 Å². The first kappa shape index (κ1) is 15.8. The fraction of sp³-hybridized carbons (Fsp3) is 0.938. The summed E-state index contributed by atoms with van der Waals surface area (Å²) in [5.41, 5.74) is 0. The molecule has 1 N–H and O–H groups in total. The molecule has 0 spiro atoms. The maximum Gasteiger partial charge on any atom is 0.317 e. The lowest BCUT2D eigenvalue weighted by Gasteiger charge is -2.35. The lowest BCUT2D eigenvalue weighted by Crippen LogP contribution is -2.45. The minimum absolute atomic E-state index is 0.239. The standard InChI is InChI=1S/C16H30N2O2/c1-2-10-17-11-5-8-15(9-12-17)18(13-16(19)20)14-6-3-4-7-14/h14-15H,2-13H2,1H3,(H,19,20). The van der Waals surface area contributed by atoms with E-state index in [-0.39, 0.29) is 6.54 Å². The van der Waals surface area contributed by atoms with Crippen LogP contribution in [-0.2, 0) is 4.79 Å². The second kappa shape index (κ2) is 7.99. The predicted molar refractivity (Wildman–Crippen MR) is 81.0 cm³/mol. The third kappa shape index (κ3) is 4.45. The zero-order chi connectivity index (χ0) is 14.4. The van der Waals surface area contributed by atoms with E-state index < -0.39 is 5.97 Å². The zero-order valence-corrected chi connectivity index (χ0v) is 12.9. The number of hydrogen-bond acceptors (Lipinski definition) is 3. The molecule has 1 saturated heterocycles. The highest BCUT2D eigenvalue weighted by Gasteiger charge is 2.31. The van der Waals surface area contributed by atoms with Crippen molar-refractivity contribution in [1.82, 2.24) is 9.80 Å². The van der Waals surface area contributed by atoms with Crippen LogP contribution in [0.25, 0.3) is 0 Å². The van der Waals surface area contributed by atoms with Crippen molar-refractivity contribution in [3.8, 4) is 0 Å². The minimum Gasteiger partial charge on any atom is -0.480 e. The van der Waals surface area contributed by atoms with Crippen LogP contribution < -0.4 is 0 Å². The third-order valence-electron chi connectivity index (χ3n) is 4.91. The molecule has 0 radical (unpaired) electrons. The van der Waals surface area contributed by atoms with Crippen LogP contribution in [-0.4, -0.2) is 59.1 Å². The van der Waals surface area contributed by atoms with Crippen LogP contribution in [0.3, 0.4) is 0 Å². The molecule has 20 heavy (non-hydrogen) atoms. The van der Waals surface area contributed by atoms with Crippen LogP contribution in [0.5, 0.6) is 0 Å². The van der Waals surface area contributed by atoms with Gasteiger partial charge in [-0.2, -0.15) is 0 Å². The Kier molecular flexibility index (Phi) is 6.30. The molecule has 0 aromatic carbocycles. The molecule has 0 bridgehead atoms. The van der Waals surface area contributed by atoms with Crippen molar-refractivity contribution >= 4 is 5.97 Å². The predicted octanol–water partition coefficient (Wildman–Crippen LogP) is 2.58. The summed E-state index contributed by atoms with van der Waals surface area (Å²) >= 11 is 0. The first-order valence-electron chi connectivity index (χ1n) is 8.40. The van der Waals surface area contributed by atoms with Crippen molar-refractivity contribution in [2.24, 2.45) is 0 Å². The summed E-state index contributed by atoms with van der Waals surface area (Å²) in [5.74, 6) is -0.661. The second-order valence-electron chi connectivity index (χ2n) is 6.43. The van der Waals surface area contributed by atoms with Gasteiger partial charge in [0.05, 0.1) is 6.54 Å². The van der Waals surface area contributed by atoms with Gasteiger partial charge in [-0.05, 0) is 58.2 Å². The number of hydrogen-bond donors (Lipinski definition) is 1. The lowest BCUT2D eigenvalue weighted by atomic mass is 10.0. The summed E-state index contributed by atoms with van der Waals surface area (Å²) in [7, 11) is 0. The average molecular weight is 282 g/mol. The molecule has 2 fully saturated rings. The Morgan fingerprint density at radius 2 is 1.75 bits per heavy atom. The van der Waals surface area contributed by atoms with E-state index in [1.807, 2.05) is 0 Å². The van der Waals surface area contributed by atoms with E-state index >= 15 is 0 Å². The first-order valence-corrected chi connectivity index (χ1v) is 8.40. The van der Waals surface area contributed by atoms with Gasteiger partial charge in [0.1, 0.15) is 0 Å². The van der Waals surface area contributed by atoms with Crippen molar-refractivity contribution in [3.05, 3.63) is 0 Å². The molecule has 4 nitrogen and oxygen atoms in total. The molecule has 1 unspecified atom stereocenters. The van der Waals surface area contributed by atoms with Crippen LogP contribution in [0.4, 0.5) is 0 Å².